The van der Waals surface area contributed by atoms with Gasteiger partial charge in [0.25, 0.3) is 0 Å². The van der Waals surface area contributed by atoms with E-state index in [9.17, 15) is 4.79 Å². The minimum atomic E-state index is 0. The number of piperidine rings is 1. The van der Waals surface area contributed by atoms with Gasteiger partial charge in [0.05, 0.1) is 0 Å². The molecule has 2 N–H and O–H groups in total. The molecular weight excluding hydrogens is 260 g/mol. The summed E-state index contributed by atoms with van der Waals surface area (Å²) in [4.78, 5) is 12.1. The molecule has 3 nitrogen and oxygen atoms in total. The Hall–Kier alpha value is -0.280. The van der Waals surface area contributed by atoms with Crippen molar-refractivity contribution in [2.24, 2.45) is 17.3 Å². The maximum atomic E-state index is 12.1. The van der Waals surface area contributed by atoms with Crippen molar-refractivity contribution >= 4 is 18.3 Å². The molecule has 0 atom stereocenters. The minimum absolute atomic E-state index is 0. The molecule has 112 valence electrons. The first-order chi connectivity index (χ1) is 8.61. The second kappa shape index (κ2) is 7.49. The van der Waals surface area contributed by atoms with Crippen LogP contribution in [0.1, 0.15) is 52.4 Å². The number of carbonyl (C=O) groups is 1. The average Bonchev–Trinajstić information content (AvgIpc) is 2.32. The molecule has 4 heteroatoms. The van der Waals surface area contributed by atoms with E-state index in [2.05, 4.69) is 24.5 Å². The van der Waals surface area contributed by atoms with Crippen LogP contribution in [0.3, 0.4) is 0 Å². The predicted octanol–water partition coefficient (Wildman–Crippen LogP) is 2.74. The first-order valence-electron chi connectivity index (χ1n) is 7.60. The molecule has 1 heterocycles. The highest BCUT2D eigenvalue weighted by molar-refractivity contribution is 5.85. The SMILES string of the molecule is CC(C)CC1(CNC(=O)C2CCNCC2)CCC1.Cl. The van der Waals surface area contributed by atoms with Crippen molar-refractivity contribution in [3.8, 4) is 0 Å². The largest absolute Gasteiger partial charge is 0.355 e. The van der Waals surface area contributed by atoms with Gasteiger partial charge in [-0.15, -0.1) is 12.4 Å². The standard InChI is InChI=1S/C15H28N2O.ClH/c1-12(2)10-15(6-3-7-15)11-17-14(18)13-4-8-16-9-5-13;/h12-13,16H,3-11H2,1-2H3,(H,17,18);1H. The van der Waals surface area contributed by atoms with Crippen molar-refractivity contribution in [1.29, 1.82) is 0 Å². The van der Waals surface area contributed by atoms with E-state index in [4.69, 9.17) is 0 Å². The molecule has 1 saturated carbocycles. The van der Waals surface area contributed by atoms with Gasteiger partial charge in [0.15, 0.2) is 0 Å². The van der Waals surface area contributed by atoms with Crippen LogP contribution < -0.4 is 10.6 Å². The van der Waals surface area contributed by atoms with E-state index in [1.54, 1.807) is 0 Å². The van der Waals surface area contributed by atoms with E-state index in [1.165, 1.54) is 25.7 Å². The van der Waals surface area contributed by atoms with Crippen LogP contribution in [0, 0.1) is 17.3 Å². The van der Waals surface area contributed by atoms with Gasteiger partial charge in [-0.05, 0) is 56.5 Å². The van der Waals surface area contributed by atoms with Gasteiger partial charge in [-0.1, -0.05) is 20.3 Å². The molecule has 0 aromatic carbocycles. The third kappa shape index (κ3) is 4.64. The summed E-state index contributed by atoms with van der Waals surface area (Å²) in [5.74, 6) is 1.29. The maximum absolute atomic E-state index is 12.1. The monoisotopic (exact) mass is 288 g/mol. The van der Waals surface area contributed by atoms with Crippen LogP contribution in [0.2, 0.25) is 0 Å². The lowest BCUT2D eigenvalue weighted by Gasteiger charge is -2.43. The molecule has 0 bridgehead atoms. The average molecular weight is 289 g/mol. The smallest absolute Gasteiger partial charge is 0.223 e. The second-order valence-electron chi connectivity index (χ2n) is 6.69. The number of nitrogens with one attached hydrogen (secondary N) is 2. The van der Waals surface area contributed by atoms with E-state index in [0.29, 0.717) is 11.3 Å². The Labute approximate surface area is 123 Å². The van der Waals surface area contributed by atoms with Crippen molar-refractivity contribution in [3.05, 3.63) is 0 Å². The van der Waals surface area contributed by atoms with E-state index in [0.717, 1.165) is 38.4 Å². The number of hydrogen-bond donors (Lipinski definition) is 2. The Morgan fingerprint density at radius 1 is 1.32 bits per heavy atom. The first-order valence-corrected chi connectivity index (χ1v) is 7.60. The molecule has 0 aromatic heterocycles. The second-order valence-corrected chi connectivity index (χ2v) is 6.69. The van der Waals surface area contributed by atoms with Crippen molar-refractivity contribution in [2.75, 3.05) is 19.6 Å². The number of amides is 1. The van der Waals surface area contributed by atoms with Gasteiger partial charge in [-0.25, -0.2) is 0 Å². The van der Waals surface area contributed by atoms with E-state index >= 15 is 0 Å². The van der Waals surface area contributed by atoms with Gasteiger partial charge < -0.3 is 10.6 Å². The molecule has 1 amide bonds. The number of rotatable bonds is 5. The van der Waals surface area contributed by atoms with Crippen LogP contribution in [0.15, 0.2) is 0 Å². The Kier molecular flexibility index (Phi) is 6.61. The van der Waals surface area contributed by atoms with Gasteiger partial charge in [0.2, 0.25) is 5.91 Å². The molecular formula is C15H29ClN2O. The molecule has 0 aromatic rings. The van der Waals surface area contributed by atoms with Crippen LogP contribution in [-0.4, -0.2) is 25.5 Å². The third-order valence-electron chi connectivity index (χ3n) is 4.60. The summed E-state index contributed by atoms with van der Waals surface area (Å²) in [5.41, 5.74) is 0.427. The van der Waals surface area contributed by atoms with Crippen molar-refractivity contribution in [3.63, 3.8) is 0 Å². The van der Waals surface area contributed by atoms with Gasteiger partial charge in [0.1, 0.15) is 0 Å². The minimum Gasteiger partial charge on any atom is -0.355 e. The summed E-state index contributed by atoms with van der Waals surface area (Å²) in [6.07, 6.45) is 7.22. The van der Waals surface area contributed by atoms with Crippen molar-refractivity contribution in [1.82, 2.24) is 10.6 Å². The molecule has 0 radical (unpaired) electrons. The summed E-state index contributed by atoms with van der Waals surface area (Å²) in [7, 11) is 0. The Bertz CT molecular complexity index is 284. The fourth-order valence-electron chi connectivity index (χ4n) is 3.50. The highest BCUT2D eigenvalue weighted by Gasteiger charge is 2.37. The number of hydrogen-bond acceptors (Lipinski definition) is 2. The maximum Gasteiger partial charge on any atom is 0.223 e. The Morgan fingerprint density at radius 2 is 1.95 bits per heavy atom. The fourth-order valence-corrected chi connectivity index (χ4v) is 3.50. The van der Waals surface area contributed by atoms with Crippen molar-refractivity contribution < 1.29 is 4.79 Å². The quantitative estimate of drug-likeness (QED) is 0.817. The Morgan fingerprint density at radius 3 is 2.42 bits per heavy atom. The summed E-state index contributed by atoms with van der Waals surface area (Å²) < 4.78 is 0. The van der Waals surface area contributed by atoms with Gasteiger partial charge >= 0.3 is 0 Å². The molecule has 2 rings (SSSR count). The lowest BCUT2D eigenvalue weighted by molar-refractivity contribution is -0.126. The number of carbonyl (C=O) groups excluding carboxylic acids is 1. The normalized spacial score (nSPS) is 22.5. The van der Waals surface area contributed by atoms with Crippen LogP contribution in [0.4, 0.5) is 0 Å². The van der Waals surface area contributed by atoms with E-state index in [-0.39, 0.29) is 18.3 Å². The lowest BCUT2D eigenvalue weighted by Crippen LogP contribution is -2.46. The highest BCUT2D eigenvalue weighted by atomic mass is 35.5. The van der Waals surface area contributed by atoms with Crippen LogP contribution in [-0.2, 0) is 4.79 Å². The molecule has 1 saturated heterocycles. The fraction of sp³-hybridized carbons (Fsp3) is 0.933. The van der Waals surface area contributed by atoms with Crippen LogP contribution >= 0.6 is 12.4 Å². The molecule has 2 fully saturated rings. The molecule has 19 heavy (non-hydrogen) atoms. The summed E-state index contributed by atoms with van der Waals surface area (Å²) in [6, 6.07) is 0. The predicted molar refractivity (Wildman–Crippen MR) is 81.6 cm³/mol. The van der Waals surface area contributed by atoms with Crippen LogP contribution in [0.5, 0.6) is 0 Å². The van der Waals surface area contributed by atoms with Gasteiger partial charge in [0, 0.05) is 12.5 Å². The highest BCUT2D eigenvalue weighted by Crippen LogP contribution is 2.45. The van der Waals surface area contributed by atoms with Gasteiger partial charge in [-0.2, -0.15) is 0 Å². The third-order valence-corrected chi connectivity index (χ3v) is 4.60. The van der Waals surface area contributed by atoms with E-state index < -0.39 is 0 Å². The number of halogens is 1. The van der Waals surface area contributed by atoms with Crippen molar-refractivity contribution in [2.45, 2.75) is 52.4 Å². The molecule has 1 aliphatic carbocycles. The lowest BCUT2D eigenvalue weighted by atomic mass is 9.64. The summed E-state index contributed by atoms with van der Waals surface area (Å²) in [5, 5.41) is 6.54. The molecule has 1 aliphatic heterocycles. The van der Waals surface area contributed by atoms with Crippen LogP contribution in [0.25, 0.3) is 0 Å². The molecule has 0 spiro atoms. The zero-order valence-electron chi connectivity index (χ0n) is 12.3. The molecule has 0 unspecified atom stereocenters. The van der Waals surface area contributed by atoms with Gasteiger partial charge in [-0.3, -0.25) is 4.79 Å². The topological polar surface area (TPSA) is 41.1 Å². The Balaban J connectivity index is 0.00000180. The van der Waals surface area contributed by atoms with E-state index in [1.807, 2.05) is 0 Å². The zero-order chi connectivity index (χ0) is 13.0. The summed E-state index contributed by atoms with van der Waals surface area (Å²) >= 11 is 0. The first kappa shape index (κ1) is 16.8. The summed E-state index contributed by atoms with van der Waals surface area (Å²) in [6.45, 7) is 7.47. The zero-order valence-corrected chi connectivity index (χ0v) is 13.2. The molecule has 2 aliphatic rings.